The number of rotatable bonds is 6. The molecular formula is C24H19ClN2O2S. The third-order valence-corrected chi connectivity index (χ3v) is 5.73. The Bertz CT molecular complexity index is 1170. The maximum absolute atomic E-state index is 12.6. The molecule has 0 radical (unpaired) electrons. The highest BCUT2D eigenvalue weighted by Crippen LogP contribution is 2.29. The first kappa shape index (κ1) is 20.1. The lowest BCUT2D eigenvalue weighted by Gasteiger charge is -2.10. The summed E-state index contributed by atoms with van der Waals surface area (Å²) in [6.45, 7) is 0.388. The number of halogens is 1. The van der Waals surface area contributed by atoms with Crippen LogP contribution in [0.15, 0.2) is 78.2 Å². The van der Waals surface area contributed by atoms with E-state index in [0.717, 1.165) is 27.4 Å². The zero-order chi connectivity index (χ0) is 20.9. The maximum Gasteiger partial charge on any atom is 0.255 e. The lowest BCUT2D eigenvalue weighted by molar-refractivity contribution is 0.0948. The number of hydrogen-bond donors (Lipinski definition) is 1. The minimum absolute atomic E-state index is 0.236. The SMILES string of the molecule is COc1ccc(Cl)cc1C(=O)NCc1cccc(-c2nc(-c3ccccc3)cs2)c1. The molecule has 0 saturated heterocycles. The summed E-state index contributed by atoms with van der Waals surface area (Å²) in [7, 11) is 1.53. The quantitative estimate of drug-likeness (QED) is 0.400. The predicted octanol–water partition coefficient (Wildman–Crippen LogP) is 6.07. The van der Waals surface area contributed by atoms with Crippen LogP contribution in [0, 0.1) is 0 Å². The van der Waals surface area contributed by atoms with Crippen LogP contribution in [-0.2, 0) is 6.54 Å². The van der Waals surface area contributed by atoms with Gasteiger partial charge in [-0.3, -0.25) is 4.79 Å². The first-order valence-electron chi connectivity index (χ1n) is 9.36. The second kappa shape index (κ2) is 9.11. The number of amides is 1. The Hall–Kier alpha value is -3.15. The van der Waals surface area contributed by atoms with Gasteiger partial charge in [-0.15, -0.1) is 11.3 Å². The van der Waals surface area contributed by atoms with E-state index in [9.17, 15) is 4.79 Å². The van der Waals surface area contributed by atoms with Gasteiger partial charge in [0.25, 0.3) is 5.91 Å². The summed E-state index contributed by atoms with van der Waals surface area (Å²) in [6, 6.07) is 23.1. The average Bonchev–Trinajstić information content (AvgIpc) is 3.29. The molecule has 0 aliphatic heterocycles. The first-order valence-corrected chi connectivity index (χ1v) is 10.6. The third kappa shape index (κ3) is 4.53. The van der Waals surface area contributed by atoms with Crippen LogP contribution < -0.4 is 10.1 Å². The number of nitrogens with zero attached hydrogens (tertiary/aromatic N) is 1. The molecule has 4 nitrogen and oxygen atoms in total. The van der Waals surface area contributed by atoms with Gasteiger partial charge < -0.3 is 10.1 Å². The van der Waals surface area contributed by atoms with Gasteiger partial charge in [-0.1, -0.05) is 60.1 Å². The van der Waals surface area contributed by atoms with E-state index in [1.165, 1.54) is 7.11 Å². The second-order valence-corrected chi connectivity index (χ2v) is 7.93. The number of methoxy groups -OCH3 is 1. The molecule has 0 spiro atoms. The number of thiazole rings is 1. The fourth-order valence-electron chi connectivity index (χ4n) is 3.10. The van der Waals surface area contributed by atoms with Crippen LogP contribution in [-0.4, -0.2) is 18.0 Å². The predicted molar refractivity (Wildman–Crippen MR) is 122 cm³/mol. The molecule has 6 heteroatoms. The van der Waals surface area contributed by atoms with Crippen LogP contribution in [0.1, 0.15) is 15.9 Å². The Morgan fingerprint density at radius 3 is 2.63 bits per heavy atom. The minimum Gasteiger partial charge on any atom is -0.496 e. The van der Waals surface area contributed by atoms with Crippen molar-refractivity contribution in [2.24, 2.45) is 0 Å². The number of ether oxygens (including phenoxy) is 1. The molecule has 1 amide bonds. The normalized spacial score (nSPS) is 10.6. The van der Waals surface area contributed by atoms with Gasteiger partial charge in [-0.25, -0.2) is 4.98 Å². The summed E-state index contributed by atoms with van der Waals surface area (Å²) in [5.74, 6) is 0.252. The van der Waals surface area contributed by atoms with Crippen molar-refractivity contribution < 1.29 is 9.53 Å². The number of nitrogens with one attached hydrogen (secondary N) is 1. The zero-order valence-corrected chi connectivity index (χ0v) is 17.8. The molecule has 4 aromatic rings. The van der Waals surface area contributed by atoms with E-state index in [1.807, 2.05) is 42.5 Å². The van der Waals surface area contributed by atoms with Crippen LogP contribution in [0.25, 0.3) is 21.8 Å². The average molecular weight is 435 g/mol. The summed E-state index contributed by atoms with van der Waals surface area (Å²) in [4.78, 5) is 17.4. The van der Waals surface area contributed by atoms with Gasteiger partial charge in [0, 0.05) is 28.1 Å². The smallest absolute Gasteiger partial charge is 0.255 e. The Morgan fingerprint density at radius 2 is 1.83 bits per heavy atom. The van der Waals surface area contributed by atoms with E-state index >= 15 is 0 Å². The van der Waals surface area contributed by atoms with Gasteiger partial charge in [0.1, 0.15) is 10.8 Å². The monoisotopic (exact) mass is 434 g/mol. The molecule has 150 valence electrons. The molecule has 1 heterocycles. The fourth-order valence-corrected chi connectivity index (χ4v) is 4.10. The van der Waals surface area contributed by atoms with Crippen LogP contribution >= 0.6 is 22.9 Å². The van der Waals surface area contributed by atoms with Crippen molar-refractivity contribution >= 4 is 28.8 Å². The minimum atomic E-state index is -0.236. The molecule has 0 unspecified atom stereocenters. The summed E-state index contributed by atoms with van der Waals surface area (Å²) >= 11 is 7.63. The van der Waals surface area contributed by atoms with Crippen molar-refractivity contribution in [2.75, 3.05) is 7.11 Å². The van der Waals surface area contributed by atoms with Crippen molar-refractivity contribution in [3.05, 3.63) is 94.3 Å². The van der Waals surface area contributed by atoms with Crippen molar-refractivity contribution in [3.63, 3.8) is 0 Å². The van der Waals surface area contributed by atoms with Gasteiger partial charge in [0.05, 0.1) is 18.4 Å². The van der Waals surface area contributed by atoms with Crippen LogP contribution in [0.2, 0.25) is 5.02 Å². The second-order valence-electron chi connectivity index (χ2n) is 6.63. The number of carbonyl (C=O) groups excluding carboxylic acids is 1. The number of carbonyl (C=O) groups is 1. The molecule has 0 saturated carbocycles. The molecule has 4 rings (SSSR count). The van der Waals surface area contributed by atoms with Gasteiger partial charge in [0.15, 0.2) is 0 Å². The van der Waals surface area contributed by atoms with Crippen molar-refractivity contribution in [1.29, 1.82) is 0 Å². The van der Waals surface area contributed by atoms with Gasteiger partial charge in [-0.05, 0) is 29.8 Å². The highest BCUT2D eigenvalue weighted by molar-refractivity contribution is 7.13. The molecule has 1 aromatic heterocycles. The Morgan fingerprint density at radius 1 is 1.03 bits per heavy atom. The molecule has 0 aliphatic rings. The largest absolute Gasteiger partial charge is 0.496 e. The van der Waals surface area contributed by atoms with E-state index in [4.69, 9.17) is 21.3 Å². The molecule has 0 aliphatic carbocycles. The molecule has 0 bridgehead atoms. The lowest BCUT2D eigenvalue weighted by atomic mass is 10.1. The molecule has 1 N–H and O–H groups in total. The third-order valence-electron chi connectivity index (χ3n) is 4.61. The summed E-state index contributed by atoms with van der Waals surface area (Å²) in [6.07, 6.45) is 0. The van der Waals surface area contributed by atoms with Gasteiger partial charge in [-0.2, -0.15) is 0 Å². The summed E-state index contributed by atoms with van der Waals surface area (Å²) in [5.41, 5.74) is 4.47. The van der Waals surface area contributed by atoms with E-state index in [2.05, 4.69) is 22.8 Å². The fraction of sp³-hybridized carbons (Fsp3) is 0.0833. The first-order chi connectivity index (χ1) is 14.6. The maximum atomic E-state index is 12.6. The number of benzene rings is 3. The highest BCUT2D eigenvalue weighted by Gasteiger charge is 2.13. The van der Waals surface area contributed by atoms with E-state index in [0.29, 0.717) is 22.9 Å². The molecular weight excluding hydrogens is 416 g/mol. The zero-order valence-electron chi connectivity index (χ0n) is 16.3. The van der Waals surface area contributed by atoms with Crippen LogP contribution in [0.5, 0.6) is 5.75 Å². The molecule has 0 fully saturated rings. The molecule has 3 aromatic carbocycles. The Kier molecular flexibility index (Phi) is 6.12. The molecule has 30 heavy (non-hydrogen) atoms. The highest BCUT2D eigenvalue weighted by atomic mass is 35.5. The van der Waals surface area contributed by atoms with Crippen molar-refractivity contribution in [2.45, 2.75) is 6.54 Å². The van der Waals surface area contributed by atoms with Gasteiger partial charge in [0.2, 0.25) is 0 Å². The van der Waals surface area contributed by atoms with E-state index in [-0.39, 0.29) is 5.91 Å². The number of hydrogen-bond acceptors (Lipinski definition) is 4. The topological polar surface area (TPSA) is 51.2 Å². The summed E-state index contributed by atoms with van der Waals surface area (Å²) in [5, 5.41) is 6.42. The number of aromatic nitrogens is 1. The van der Waals surface area contributed by atoms with E-state index in [1.54, 1.807) is 29.5 Å². The Labute approximate surface area is 184 Å². The van der Waals surface area contributed by atoms with Crippen molar-refractivity contribution in [1.82, 2.24) is 10.3 Å². The standard InChI is InChI=1S/C24H19ClN2O2S/c1-29-22-11-10-19(25)13-20(22)23(28)26-14-16-6-5-9-18(12-16)24-27-21(15-30-24)17-7-3-2-4-8-17/h2-13,15H,14H2,1H3,(H,26,28). The van der Waals surface area contributed by atoms with Crippen LogP contribution in [0.3, 0.4) is 0 Å². The summed E-state index contributed by atoms with van der Waals surface area (Å²) < 4.78 is 5.26. The van der Waals surface area contributed by atoms with Crippen LogP contribution in [0.4, 0.5) is 0 Å². The lowest BCUT2D eigenvalue weighted by Crippen LogP contribution is -2.23. The van der Waals surface area contributed by atoms with Crippen molar-refractivity contribution in [3.8, 4) is 27.6 Å². The van der Waals surface area contributed by atoms with Gasteiger partial charge >= 0.3 is 0 Å². The Balaban J connectivity index is 1.49. The van der Waals surface area contributed by atoms with E-state index < -0.39 is 0 Å². The molecule has 0 atom stereocenters.